The van der Waals surface area contributed by atoms with Crippen molar-refractivity contribution in [3.05, 3.63) is 29.8 Å². The lowest BCUT2D eigenvalue weighted by Crippen LogP contribution is -2.44. The van der Waals surface area contributed by atoms with Crippen LogP contribution >= 0.6 is 0 Å². The number of aliphatic imine (C=N–C) groups is 1. The highest BCUT2D eigenvalue weighted by molar-refractivity contribution is 7.90. The van der Waals surface area contributed by atoms with Gasteiger partial charge in [-0.25, -0.2) is 8.42 Å². The molecule has 152 valence electrons. The Labute approximate surface area is 163 Å². The molecular formula is C19H32N4O3S. The third-order valence-corrected chi connectivity index (χ3v) is 5.71. The van der Waals surface area contributed by atoms with Crippen molar-refractivity contribution in [1.82, 2.24) is 15.5 Å². The molecule has 1 heterocycles. The number of nitrogens with one attached hydrogen (secondary N) is 2. The first-order valence-electron chi connectivity index (χ1n) is 9.53. The van der Waals surface area contributed by atoms with Crippen LogP contribution in [0.2, 0.25) is 0 Å². The van der Waals surface area contributed by atoms with Crippen LogP contribution in [-0.2, 0) is 21.0 Å². The van der Waals surface area contributed by atoms with Crippen LogP contribution < -0.4 is 10.6 Å². The van der Waals surface area contributed by atoms with E-state index >= 15 is 0 Å². The van der Waals surface area contributed by atoms with Gasteiger partial charge in [-0.1, -0.05) is 12.1 Å². The van der Waals surface area contributed by atoms with Crippen LogP contribution in [0.25, 0.3) is 0 Å². The highest BCUT2D eigenvalue weighted by Gasteiger charge is 2.16. The third-order valence-electron chi connectivity index (χ3n) is 4.58. The maximum Gasteiger partial charge on any atom is 0.191 e. The van der Waals surface area contributed by atoms with E-state index in [9.17, 15) is 8.42 Å². The molecule has 0 aliphatic carbocycles. The van der Waals surface area contributed by atoms with E-state index in [-0.39, 0.29) is 0 Å². The zero-order valence-electron chi connectivity index (χ0n) is 16.6. The molecule has 8 heteroatoms. The first-order chi connectivity index (χ1) is 12.9. The molecule has 2 rings (SSSR count). The van der Waals surface area contributed by atoms with Crippen molar-refractivity contribution in [3.8, 4) is 0 Å². The van der Waals surface area contributed by atoms with E-state index in [1.165, 1.54) is 6.26 Å². The summed E-state index contributed by atoms with van der Waals surface area (Å²) in [5, 5.41) is 6.62. The van der Waals surface area contributed by atoms with Gasteiger partial charge in [0, 0.05) is 38.5 Å². The Bertz CT molecular complexity index is 698. The second-order valence-electron chi connectivity index (χ2n) is 6.81. The molecule has 1 fully saturated rings. The number of morpholine rings is 1. The van der Waals surface area contributed by atoms with Gasteiger partial charge in [0.2, 0.25) is 0 Å². The highest BCUT2D eigenvalue weighted by atomic mass is 32.2. The summed E-state index contributed by atoms with van der Waals surface area (Å²) in [5.41, 5.74) is 1.09. The van der Waals surface area contributed by atoms with E-state index in [4.69, 9.17) is 9.73 Å². The number of hydrogen-bond acceptors (Lipinski definition) is 5. The van der Waals surface area contributed by atoms with Gasteiger partial charge in [0.1, 0.15) is 0 Å². The molecule has 0 saturated carbocycles. The van der Waals surface area contributed by atoms with Gasteiger partial charge in [-0.15, -0.1) is 0 Å². The number of rotatable bonds is 8. The minimum Gasteiger partial charge on any atom is -0.379 e. The lowest BCUT2D eigenvalue weighted by Gasteiger charge is -2.31. The average molecular weight is 397 g/mol. The topological polar surface area (TPSA) is 83.0 Å². The van der Waals surface area contributed by atoms with Crippen LogP contribution in [0.5, 0.6) is 0 Å². The monoisotopic (exact) mass is 396 g/mol. The molecule has 0 amide bonds. The lowest BCUT2D eigenvalue weighted by atomic mass is 10.1. The van der Waals surface area contributed by atoms with E-state index in [2.05, 4.69) is 22.5 Å². The molecule has 1 aliphatic rings. The zero-order valence-corrected chi connectivity index (χ0v) is 17.4. The Morgan fingerprint density at radius 1 is 1.22 bits per heavy atom. The first-order valence-corrected chi connectivity index (χ1v) is 11.4. The van der Waals surface area contributed by atoms with Gasteiger partial charge in [0.15, 0.2) is 15.8 Å². The molecule has 0 spiro atoms. The largest absolute Gasteiger partial charge is 0.379 e. The summed E-state index contributed by atoms with van der Waals surface area (Å²) >= 11 is 0. The Balaban J connectivity index is 1.82. The molecule has 1 aromatic rings. The van der Waals surface area contributed by atoms with Crippen molar-refractivity contribution in [2.24, 2.45) is 4.99 Å². The summed E-state index contributed by atoms with van der Waals surface area (Å²) in [6.07, 6.45) is 2.02. The minimum absolute atomic E-state index is 0.353. The van der Waals surface area contributed by atoms with E-state index in [1.54, 1.807) is 12.1 Å². The van der Waals surface area contributed by atoms with Gasteiger partial charge < -0.3 is 15.4 Å². The minimum atomic E-state index is -3.14. The number of benzene rings is 1. The van der Waals surface area contributed by atoms with Crippen LogP contribution in [0.15, 0.2) is 34.2 Å². The smallest absolute Gasteiger partial charge is 0.191 e. The van der Waals surface area contributed by atoms with Crippen LogP contribution in [0.1, 0.15) is 19.4 Å². The number of hydrogen-bond donors (Lipinski definition) is 2. The third kappa shape index (κ3) is 7.48. The molecule has 27 heavy (non-hydrogen) atoms. The summed E-state index contributed by atoms with van der Waals surface area (Å²) in [6, 6.07) is 7.43. The number of guanidine groups is 1. The predicted molar refractivity (Wildman–Crippen MR) is 109 cm³/mol. The molecule has 7 nitrogen and oxygen atoms in total. The molecule has 1 aliphatic heterocycles. The second-order valence-corrected chi connectivity index (χ2v) is 8.83. The summed E-state index contributed by atoms with van der Waals surface area (Å²) in [6.45, 7) is 10.0. The maximum absolute atomic E-state index is 11.5. The highest BCUT2D eigenvalue weighted by Crippen LogP contribution is 2.10. The number of nitrogens with zero attached hydrogens (tertiary/aromatic N) is 2. The standard InChI is InChI=1S/C19H32N4O3S/c1-4-20-19(22-15-16(2)23-11-13-26-14-12-23)21-10-9-17-5-7-18(8-6-17)27(3,24)25/h5-8,16H,4,9-15H2,1-3H3,(H2,20,21,22). The van der Waals surface area contributed by atoms with E-state index < -0.39 is 9.84 Å². The fourth-order valence-electron chi connectivity index (χ4n) is 2.93. The Kier molecular flexibility index (Phi) is 8.53. The lowest BCUT2D eigenvalue weighted by molar-refractivity contribution is 0.0220. The van der Waals surface area contributed by atoms with Crippen LogP contribution in [0.3, 0.4) is 0 Å². The summed E-state index contributed by atoms with van der Waals surface area (Å²) in [7, 11) is -3.14. The number of sulfone groups is 1. The molecule has 1 saturated heterocycles. The summed E-state index contributed by atoms with van der Waals surface area (Å²) in [5.74, 6) is 0.811. The predicted octanol–water partition coefficient (Wildman–Crippen LogP) is 0.908. The van der Waals surface area contributed by atoms with Gasteiger partial charge in [-0.2, -0.15) is 0 Å². The molecule has 0 aromatic heterocycles. The molecule has 2 N–H and O–H groups in total. The molecule has 1 aromatic carbocycles. The normalized spacial score (nSPS) is 17.5. The van der Waals surface area contributed by atoms with Crippen LogP contribution in [-0.4, -0.2) is 77.5 Å². The quantitative estimate of drug-likeness (QED) is 0.502. The van der Waals surface area contributed by atoms with E-state index in [0.29, 0.717) is 10.9 Å². The van der Waals surface area contributed by atoms with Gasteiger partial charge >= 0.3 is 0 Å². The molecule has 1 unspecified atom stereocenters. The molecule has 0 bridgehead atoms. The van der Waals surface area contributed by atoms with Crippen molar-refractivity contribution in [1.29, 1.82) is 0 Å². The second kappa shape index (κ2) is 10.6. The van der Waals surface area contributed by atoms with Gasteiger partial charge in [-0.3, -0.25) is 9.89 Å². The fraction of sp³-hybridized carbons (Fsp3) is 0.632. The first kappa shape index (κ1) is 21.7. The average Bonchev–Trinajstić information content (AvgIpc) is 2.66. The SMILES string of the molecule is CCNC(=NCC(C)N1CCOCC1)NCCc1ccc(S(C)(=O)=O)cc1. The van der Waals surface area contributed by atoms with Gasteiger partial charge in [0.05, 0.1) is 24.7 Å². The zero-order chi connectivity index (χ0) is 19.7. The Morgan fingerprint density at radius 2 is 1.89 bits per heavy atom. The van der Waals surface area contributed by atoms with Crippen LogP contribution in [0.4, 0.5) is 0 Å². The molecular weight excluding hydrogens is 364 g/mol. The van der Waals surface area contributed by atoms with Gasteiger partial charge in [-0.05, 0) is 38.0 Å². The van der Waals surface area contributed by atoms with E-state index in [0.717, 1.165) is 63.9 Å². The molecule has 1 atom stereocenters. The summed E-state index contributed by atoms with van der Waals surface area (Å²) < 4.78 is 28.4. The number of ether oxygens (including phenoxy) is 1. The van der Waals surface area contributed by atoms with Crippen molar-refractivity contribution >= 4 is 15.8 Å². The van der Waals surface area contributed by atoms with Gasteiger partial charge in [0.25, 0.3) is 0 Å². The Hall–Kier alpha value is -1.64. The van der Waals surface area contributed by atoms with Crippen molar-refractivity contribution < 1.29 is 13.2 Å². The Morgan fingerprint density at radius 3 is 2.48 bits per heavy atom. The maximum atomic E-state index is 11.5. The van der Waals surface area contributed by atoms with Crippen molar-refractivity contribution in [3.63, 3.8) is 0 Å². The van der Waals surface area contributed by atoms with E-state index in [1.807, 2.05) is 19.1 Å². The van der Waals surface area contributed by atoms with Crippen molar-refractivity contribution in [2.75, 3.05) is 52.2 Å². The molecule has 0 radical (unpaired) electrons. The fourth-order valence-corrected chi connectivity index (χ4v) is 3.56. The van der Waals surface area contributed by atoms with Crippen molar-refractivity contribution in [2.45, 2.75) is 31.2 Å². The van der Waals surface area contributed by atoms with Crippen LogP contribution in [0, 0.1) is 0 Å². The summed E-state index contributed by atoms with van der Waals surface area (Å²) in [4.78, 5) is 7.45.